The zero-order valence-corrected chi connectivity index (χ0v) is 13.8. The molecule has 0 amide bonds. The van der Waals surface area contributed by atoms with E-state index in [-0.39, 0.29) is 17.5 Å². The lowest BCUT2D eigenvalue weighted by Crippen LogP contribution is -2.14. The van der Waals surface area contributed by atoms with Crippen molar-refractivity contribution in [2.24, 2.45) is 5.73 Å². The van der Waals surface area contributed by atoms with Gasteiger partial charge in [0.25, 0.3) is 0 Å². The number of H-pyrrole nitrogens is 1. The van der Waals surface area contributed by atoms with E-state index in [1.54, 1.807) is 31.2 Å². The summed E-state index contributed by atoms with van der Waals surface area (Å²) in [5.74, 6) is -0.731. The molecule has 0 saturated carbocycles. The van der Waals surface area contributed by atoms with Crippen LogP contribution in [0.25, 0.3) is 11.3 Å². The van der Waals surface area contributed by atoms with E-state index in [1.807, 2.05) is 6.07 Å². The molecule has 0 spiro atoms. The molecular formula is C19H19F2N3O. The maximum Gasteiger partial charge on any atom is 0.165 e. The molecule has 4 nitrogen and oxygen atoms in total. The Morgan fingerprint density at radius 3 is 2.52 bits per heavy atom. The first-order chi connectivity index (χ1) is 12.1. The van der Waals surface area contributed by atoms with Crippen LogP contribution in [0.3, 0.4) is 0 Å². The fourth-order valence-corrected chi connectivity index (χ4v) is 2.73. The standard InChI is InChI=1S/C19H19F2N3O/c1-2-25-19-8-5-13(9-16(19)21)15(11-22)18-10-17(23-24-18)12-3-6-14(20)7-4-12/h3-10,15H,2,11,22H2,1H3,(H,23,24). The summed E-state index contributed by atoms with van der Waals surface area (Å²) in [6.45, 7) is 2.49. The van der Waals surface area contributed by atoms with Crippen LogP contribution in [0, 0.1) is 11.6 Å². The normalized spacial score (nSPS) is 12.2. The van der Waals surface area contributed by atoms with Gasteiger partial charge in [0.05, 0.1) is 12.3 Å². The minimum atomic E-state index is -0.420. The predicted octanol–water partition coefficient (Wildman–Crippen LogP) is 3.84. The van der Waals surface area contributed by atoms with Crippen LogP contribution in [0.2, 0.25) is 0 Å². The second-order valence-corrected chi connectivity index (χ2v) is 5.63. The van der Waals surface area contributed by atoms with Gasteiger partial charge in [0.2, 0.25) is 0 Å². The fourth-order valence-electron chi connectivity index (χ4n) is 2.73. The maximum atomic E-state index is 14.1. The van der Waals surface area contributed by atoms with Gasteiger partial charge in [-0.15, -0.1) is 0 Å². The van der Waals surface area contributed by atoms with Crippen molar-refractivity contribution in [2.45, 2.75) is 12.8 Å². The van der Waals surface area contributed by atoms with Gasteiger partial charge in [0.1, 0.15) is 5.82 Å². The second kappa shape index (κ2) is 7.44. The van der Waals surface area contributed by atoms with Crippen LogP contribution in [0.5, 0.6) is 5.75 Å². The minimum absolute atomic E-state index is 0.221. The summed E-state index contributed by atoms with van der Waals surface area (Å²) >= 11 is 0. The molecule has 2 aromatic carbocycles. The predicted molar refractivity (Wildman–Crippen MR) is 92.4 cm³/mol. The molecule has 3 rings (SSSR count). The topological polar surface area (TPSA) is 63.9 Å². The van der Waals surface area contributed by atoms with Crippen molar-refractivity contribution in [3.8, 4) is 17.0 Å². The smallest absolute Gasteiger partial charge is 0.165 e. The Morgan fingerprint density at radius 1 is 1.12 bits per heavy atom. The van der Waals surface area contributed by atoms with E-state index in [1.165, 1.54) is 18.2 Å². The molecule has 1 atom stereocenters. The van der Waals surface area contributed by atoms with Crippen molar-refractivity contribution in [2.75, 3.05) is 13.2 Å². The van der Waals surface area contributed by atoms with Gasteiger partial charge in [0.15, 0.2) is 11.6 Å². The molecule has 1 heterocycles. The number of hydrogen-bond donors (Lipinski definition) is 2. The highest BCUT2D eigenvalue weighted by atomic mass is 19.1. The zero-order valence-electron chi connectivity index (χ0n) is 13.8. The van der Waals surface area contributed by atoms with Crippen LogP contribution in [0.4, 0.5) is 8.78 Å². The molecule has 0 aliphatic heterocycles. The highest BCUT2D eigenvalue weighted by molar-refractivity contribution is 5.59. The third kappa shape index (κ3) is 3.69. The van der Waals surface area contributed by atoms with Gasteiger partial charge in [-0.25, -0.2) is 8.78 Å². The number of halogens is 2. The first-order valence-corrected chi connectivity index (χ1v) is 8.06. The quantitative estimate of drug-likeness (QED) is 0.715. The van der Waals surface area contributed by atoms with Gasteiger partial charge in [-0.2, -0.15) is 5.10 Å². The monoisotopic (exact) mass is 343 g/mol. The molecule has 0 saturated heterocycles. The molecule has 25 heavy (non-hydrogen) atoms. The summed E-state index contributed by atoms with van der Waals surface area (Å²) in [6.07, 6.45) is 0. The summed E-state index contributed by atoms with van der Waals surface area (Å²) < 4.78 is 32.4. The average molecular weight is 343 g/mol. The van der Waals surface area contributed by atoms with E-state index in [2.05, 4.69) is 10.2 Å². The number of nitrogens with two attached hydrogens (primary N) is 1. The first kappa shape index (κ1) is 17.1. The molecular weight excluding hydrogens is 324 g/mol. The molecule has 0 bridgehead atoms. The summed E-state index contributed by atoms with van der Waals surface area (Å²) in [5, 5.41) is 7.21. The third-order valence-electron chi connectivity index (χ3n) is 4.01. The summed E-state index contributed by atoms with van der Waals surface area (Å²) in [7, 11) is 0. The van der Waals surface area contributed by atoms with Crippen LogP contribution < -0.4 is 10.5 Å². The van der Waals surface area contributed by atoms with Crippen molar-refractivity contribution < 1.29 is 13.5 Å². The molecule has 0 aliphatic rings. The number of benzene rings is 2. The largest absolute Gasteiger partial charge is 0.491 e. The Hall–Kier alpha value is -2.73. The number of hydrogen-bond acceptors (Lipinski definition) is 3. The molecule has 1 aromatic heterocycles. The molecule has 0 fully saturated rings. The maximum absolute atomic E-state index is 14.1. The number of ether oxygens (including phenoxy) is 1. The van der Waals surface area contributed by atoms with E-state index < -0.39 is 5.82 Å². The zero-order chi connectivity index (χ0) is 17.8. The second-order valence-electron chi connectivity index (χ2n) is 5.63. The van der Waals surface area contributed by atoms with Crippen LogP contribution in [0.15, 0.2) is 48.5 Å². The minimum Gasteiger partial charge on any atom is -0.491 e. The number of rotatable bonds is 6. The van der Waals surface area contributed by atoms with Gasteiger partial charge >= 0.3 is 0 Å². The number of aromatic nitrogens is 2. The van der Waals surface area contributed by atoms with E-state index in [9.17, 15) is 8.78 Å². The van der Waals surface area contributed by atoms with Gasteiger partial charge < -0.3 is 10.5 Å². The Morgan fingerprint density at radius 2 is 1.88 bits per heavy atom. The van der Waals surface area contributed by atoms with Crippen molar-refractivity contribution in [1.82, 2.24) is 10.2 Å². The molecule has 6 heteroatoms. The van der Waals surface area contributed by atoms with Gasteiger partial charge in [0, 0.05) is 23.7 Å². The Kier molecular flexibility index (Phi) is 5.09. The number of nitrogens with zero attached hydrogens (tertiary/aromatic N) is 1. The molecule has 3 N–H and O–H groups in total. The van der Waals surface area contributed by atoms with Crippen LogP contribution in [-0.2, 0) is 0 Å². The lowest BCUT2D eigenvalue weighted by atomic mass is 9.95. The Balaban J connectivity index is 1.89. The Bertz CT molecular complexity index is 846. The average Bonchev–Trinajstić information content (AvgIpc) is 3.08. The molecule has 0 radical (unpaired) electrons. The van der Waals surface area contributed by atoms with E-state index >= 15 is 0 Å². The van der Waals surface area contributed by atoms with E-state index in [0.29, 0.717) is 18.8 Å². The van der Waals surface area contributed by atoms with Crippen molar-refractivity contribution in [3.63, 3.8) is 0 Å². The molecule has 3 aromatic rings. The van der Waals surface area contributed by atoms with Gasteiger partial charge in [-0.3, -0.25) is 5.10 Å². The van der Waals surface area contributed by atoms with Crippen LogP contribution >= 0.6 is 0 Å². The van der Waals surface area contributed by atoms with Gasteiger partial charge in [-0.1, -0.05) is 6.07 Å². The number of aromatic amines is 1. The van der Waals surface area contributed by atoms with Crippen LogP contribution in [0.1, 0.15) is 24.1 Å². The fraction of sp³-hybridized carbons (Fsp3) is 0.211. The molecule has 0 aliphatic carbocycles. The SMILES string of the molecule is CCOc1ccc(C(CN)c2cc(-c3ccc(F)cc3)n[nH]2)cc1F. The van der Waals surface area contributed by atoms with Crippen molar-refractivity contribution >= 4 is 0 Å². The highest BCUT2D eigenvalue weighted by Gasteiger charge is 2.18. The molecule has 1 unspecified atom stereocenters. The van der Waals surface area contributed by atoms with Crippen LogP contribution in [-0.4, -0.2) is 23.3 Å². The van der Waals surface area contributed by atoms with Crippen molar-refractivity contribution in [1.29, 1.82) is 0 Å². The highest BCUT2D eigenvalue weighted by Crippen LogP contribution is 2.29. The lowest BCUT2D eigenvalue weighted by Gasteiger charge is -2.14. The molecule has 130 valence electrons. The lowest BCUT2D eigenvalue weighted by molar-refractivity contribution is 0.321. The van der Waals surface area contributed by atoms with Crippen molar-refractivity contribution in [3.05, 3.63) is 71.4 Å². The first-order valence-electron chi connectivity index (χ1n) is 8.06. The third-order valence-corrected chi connectivity index (χ3v) is 4.01. The Labute approximate surface area is 144 Å². The summed E-state index contributed by atoms with van der Waals surface area (Å²) in [6, 6.07) is 12.8. The number of nitrogens with one attached hydrogen (secondary N) is 1. The summed E-state index contributed by atoms with van der Waals surface area (Å²) in [4.78, 5) is 0. The van der Waals surface area contributed by atoms with Gasteiger partial charge in [-0.05, 0) is 55.0 Å². The van der Waals surface area contributed by atoms with E-state index in [0.717, 1.165) is 16.8 Å². The van der Waals surface area contributed by atoms with E-state index in [4.69, 9.17) is 10.5 Å². The summed E-state index contributed by atoms with van der Waals surface area (Å²) in [5.41, 5.74) is 8.87.